The van der Waals surface area contributed by atoms with E-state index < -0.39 is 6.10 Å². The van der Waals surface area contributed by atoms with Crippen LogP contribution < -0.4 is 10.1 Å². The van der Waals surface area contributed by atoms with E-state index in [1.165, 1.54) is 5.56 Å². The Morgan fingerprint density at radius 1 is 1.32 bits per heavy atom. The Balaban J connectivity index is 2.76. The predicted octanol–water partition coefficient (Wildman–Crippen LogP) is 2.05. The Hall–Kier alpha value is -1.10. The molecule has 0 fully saturated rings. The highest BCUT2D eigenvalue weighted by atomic mass is 16.5. The molecule has 1 aromatic carbocycles. The average Bonchev–Trinajstić information content (AvgIpc) is 2.38. The van der Waals surface area contributed by atoms with Crippen LogP contribution >= 0.6 is 0 Å². The second kappa shape index (κ2) is 8.15. The maximum Gasteiger partial charge on any atom is 0.124 e. The number of nitrogens with one attached hydrogen (secondary N) is 1. The zero-order valence-electron chi connectivity index (χ0n) is 12.3. The van der Waals surface area contributed by atoms with Gasteiger partial charge in [0.25, 0.3) is 0 Å². The standard InChI is InChI=1S/C15H25NO3/c1-5-16-12(3)14-8-11(2)6-7-15(14)19-10-13(17)9-18-4/h6-8,12-13,16-17H,5,9-10H2,1-4H3. The number of hydrogen-bond donors (Lipinski definition) is 2. The summed E-state index contributed by atoms with van der Waals surface area (Å²) in [6.45, 7) is 7.67. The molecule has 1 aromatic rings. The molecule has 0 radical (unpaired) electrons. The second-order valence-electron chi connectivity index (χ2n) is 4.74. The van der Waals surface area contributed by atoms with Gasteiger partial charge in [-0.05, 0) is 26.5 Å². The van der Waals surface area contributed by atoms with E-state index in [0.29, 0.717) is 0 Å². The van der Waals surface area contributed by atoms with Gasteiger partial charge >= 0.3 is 0 Å². The molecule has 2 unspecified atom stereocenters. The van der Waals surface area contributed by atoms with Gasteiger partial charge in [-0.15, -0.1) is 0 Å². The van der Waals surface area contributed by atoms with Crippen molar-refractivity contribution in [1.82, 2.24) is 5.32 Å². The molecule has 0 spiro atoms. The van der Waals surface area contributed by atoms with E-state index in [2.05, 4.69) is 32.2 Å². The molecule has 19 heavy (non-hydrogen) atoms. The molecule has 2 N–H and O–H groups in total. The first kappa shape index (κ1) is 16.0. The third-order valence-electron chi connectivity index (χ3n) is 2.93. The quantitative estimate of drug-likeness (QED) is 0.757. The van der Waals surface area contributed by atoms with Crippen molar-refractivity contribution in [1.29, 1.82) is 0 Å². The highest BCUT2D eigenvalue weighted by Gasteiger charge is 2.12. The van der Waals surface area contributed by atoms with Crippen LogP contribution in [0.3, 0.4) is 0 Å². The Morgan fingerprint density at radius 3 is 2.68 bits per heavy atom. The van der Waals surface area contributed by atoms with Gasteiger partial charge in [-0.3, -0.25) is 0 Å². The molecule has 0 saturated carbocycles. The minimum atomic E-state index is -0.603. The molecule has 4 nitrogen and oxygen atoms in total. The van der Waals surface area contributed by atoms with E-state index in [1.807, 2.05) is 12.1 Å². The molecule has 0 aliphatic rings. The first-order valence-electron chi connectivity index (χ1n) is 6.72. The highest BCUT2D eigenvalue weighted by molar-refractivity contribution is 5.39. The Kier molecular flexibility index (Phi) is 6.84. The van der Waals surface area contributed by atoms with Gasteiger partial charge in [0.2, 0.25) is 0 Å². The number of aliphatic hydroxyl groups is 1. The van der Waals surface area contributed by atoms with Crippen LogP contribution in [0.4, 0.5) is 0 Å². The van der Waals surface area contributed by atoms with Gasteiger partial charge in [0.05, 0.1) is 6.61 Å². The van der Waals surface area contributed by atoms with Gasteiger partial charge in [0.1, 0.15) is 18.5 Å². The first-order valence-corrected chi connectivity index (χ1v) is 6.72. The summed E-state index contributed by atoms with van der Waals surface area (Å²) in [5, 5.41) is 13.0. The molecule has 0 saturated heterocycles. The summed E-state index contributed by atoms with van der Waals surface area (Å²) in [5.74, 6) is 0.814. The zero-order valence-corrected chi connectivity index (χ0v) is 12.3. The number of aliphatic hydroxyl groups excluding tert-OH is 1. The van der Waals surface area contributed by atoms with Crippen molar-refractivity contribution in [3.63, 3.8) is 0 Å². The number of aryl methyl sites for hydroxylation is 1. The fourth-order valence-electron chi connectivity index (χ4n) is 1.98. The summed E-state index contributed by atoms with van der Waals surface area (Å²) < 4.78 is 10.6. The number of ether oxygens (including phenoxy) is 2. The van der Waals surface area contributed by atoms with Gasteiger partial charge in [-0.2, -0.15) is 0 Å². The second-order valence-corrected chi connectivity index (χ2v) is 4.74. The Bertz CT molecular complexity index is 382. The molecule has 2 atom stereocenters. The minimum Gasteiger partial charge on any atom is -0.490 e. The van der Waals surface area contributed by atoms with Crippen LogP contribution in [0.2, 0.25) is 0 Å². The van der Waals surface area contributed by atoms with E-state index in [9.17, 15) is 5.11 Å². The maximum atomic E-state index is 9.63. The molecule has 0 aliphatic carbocycles. The van der Waals surface area contributed by atoms with Gasteiger partial charge in [-0.1, -0.05) is 24.6 Å². The molecule has 108 valence electrons. The van der Waals surface area contributed by atoms with Crippen molar-refractivity contribution in [3.05, 3.63) is 29.3 Å². The molecule has 0 amide bonds. The van der Waals surface area contributed by atoms with E-state index in [1.54, 1.807) is 7.11 Å². The smallest absolute Gasteiger partial charge is 0.124 e. The Labute approximate surface area is 115 Å². The van der Waals surface area contributed by atoms with Crippen molar-refractivity contribution >= 4 is 0 Å². The number of benzene rings is 1. The predicted molar refractivity (Wildman–Crippen MR) is 76.6 cm³/mol. The van der Waals surface area contributed by atoms with E-state index in [-0.39, 0.29) is 19.3 Å². The van der Waals surface area contributed by atoms with Crippen LogP contribution in [0.5, 0.6) is 5.75 Å². The number of hydrogen-bond acceptors (Lipinski definition) is 4. The van der Waals surface area contributed by atoms with Crippen LogP contribution in [0.15, 0.2) is 18.2 Å². The molecule has 0 bridgehead atoms. The van der Waals surface area contributed by atoms with Crippen molar-refractivity contribution < 1.29 is 14.6 Å². The fraction of sp³-hybridized carbons (Fsp3) is 0.600. The SMILES string of the molecule is CCNC(C)c1cc(C)ccc1OCC(O)COC. The third kappa shape index (κ3) is 5.19. The lowest BCUT2D eigenvalue weighted by Gasteiger charge is -2.19. The summed E-state index contributed by atoms with van der Waals surface area (Å²) in [7, 11) is 1.56. The number of methoxy groups -OCH3 is 1. The zero-order chi connectivity index (χ0) is 14.3. The van der Waals surface area contributed by atoms with Gasteiger partial charge in [0.15, 0.2) is 0 Å². The lowest BCUT2D eigenvalue weighted by Crippen LogP contribution is -2.24. The summed E-state index contributed by atoms with van der Waals surface area (Å²) in [5.41, 5.74) is 2.32. The van der Waals surface area contributed by atoms with Crippen molar-refractivity contribution in [2.24, 2.45) is 0 Å². The van der Waals surface area contributed by atoms with Crippen LogP contribution in [0.1, 0.15) is 31.0 Å². The van der Waals surface area contributed by atoms with Crippen LogP contribution in [-0.4, -0.2) is 38.1 Å². The molecular formula is C15H25NO3. The average molecular weight is 267 g/mol. The fourth-order valence-corrected chi connectivity index (χ4v) is 1.98. The van der Waals surface area contributed by atoms with Gasteiger partial charge < -0.3 is 19.9 Å². The maximum absolute atomic E-state index is 9.63. The van der Waals surface area contributed by atoms with Crippen LogP contribution in [0.25, 0.3) is 0 Å². The molecular weight excluding hydrogens is 242 g/mol. The minimum absolute atomic E-state index is 0.222. The summed E-state index contributed by atoms with van der Waals surface area (Å²) in [4.78, 5) is 0. The molecule has 0 aliphatic heterocycles. The van der Waals surface area contributed by atoms with E-state index in [4.69, 9.17) is 9.47 Å². The highest BCUT2D eigenvalue weighted by Crippen LogP contribution is 2.26. The van der Waals surface area contributed by atoms with Crippen LogP contribution in [-0.2, 0) is 4.74 Å². The lowest BCUT2D eigenvalue weighted by molar-refractivity contribution is 0.0322. The van der Waals surface area contributed by atoms with Crippen LogP contribution in [0, 0.1) is 6.92 Å². The lowest BCUT2D eigenvalue weighted by atomic mass is 10.0. The van der Waals surface area contributed by atoms with E-state index in [0.717, 1.165) is 17.9 Å². The van der Waals surface area contributed by atoms with Crippen molar-refractivity contribution in [2.45, 2.75) is 32.9 Å². The summed E-state index contributed by atoms with van der Waals surface area (Å²) >= 11 is 0. The number of rotatable bonds is 8. The topological polar surface area (TPSA) is 50.7 Å². The van der Waals surface area contributed by atoms with Gasteiger partial charge in [-0.25, -0.2) is 0 Å². The van der Waals surface area contributed by atoms with Crippen molar-refractivity contribution in [3.8, 4) is 5.75 Å². The van der Waals surface area contributed by atoms with Crippen molar-refractivity contribution in [2.75, 3.05) is 26.9 Å². The normalized spacial score (nSPS) is 14.2. The molecule has 1 rings (SSSR count). The molecule has 0 aromatic heterocycles. The van der Waals surface area contributed by atoms with E-state index >= 15 is 0 Å². The molecule has 0 heterocycles. The van der Waals surface area contributed by atoms with Gasteiger partial charge in [0, 0.05) is 18.7 Å². The first-order chi connectivity index (χ1) is 9.08. The summed E-state index contributed by atoms with van der Waals surface area (Å²) in [6.07, 6.45) is -0.603. The largest absolute Gasteiger partial charge is 0.490 e. The monoisotopic (exact) mass is 267 g/mol. The Morgan fingerprint density at radius 2 is 2.05 bits per heavy atom. The third-order valence-corrected chi connectivity index (χ3v) is 2.93. The summed E-state index contributed by atoms with van der Waals surface area (Å²) in [6, 6.07) is 6.31. The molecule has 4 heteroatoms.